The van der Waals surface area contributed by atoms with Gasteiger partial charge in [0.05, 0.1) is 12.4 Å². The van der Waals surface area contributed by atoms with E-state index in [1.165, 1.54) is 12.8 Å². The first-order valence-electron chi connectivity index (χ1n) is 6.15. The van der Waals surface area contributed by atoms with Gasteiger partial charge in [0.15, 0.2) is 0 Å². The molecule has 1 saturated carbocycles. The van der Waals surface area contributed by atoms with Gasteiger partial charge in [-0.25, -0.2) is 13.6 Å². The molecule has 6 heteroatoms. The topological polar surface area (TPSA) is 78.6 Å². The number of sulfonamides is 1. The molecule has 0 amide bonds. The lowest BCUT2D eigenvalue weighted by atomic mass is 9.83. The molecule has 0 bridgehead atoms. The van der Waals surface area contributed by atoms with Crippen LogP contribution < -0.4 is 5.14 Å². The highest BCUT2D eigenvalue weighted by molar-refractivity contribution is 7.89. The summed E-state index contributed by atoms with van der Waals surface area (Å²) >= 11 is 0. The van der Waals surface area contributed by atoms with E-state index in [0.717, 1.165) is 6.61 Å². The van der Waals surface area contributed by atoms with Crippen molar-refractivity contribution in [2.45, 2.75) is 25.7 Å². The molecule has 0 unspecified atom stereocenters. The summed E-state index contributed by atoms with van der Waals surface area (Å²) in [6.07, 6.45) is 3.92. The monoisotopic (exact) mass is 263 g/mol. The minimum atomic E-state index is -3.45. The molecule has 1 saturated heterocycles. The van der Waals surface area contributed by atoms with Crippen LogP contribution in [0.25, 0.3) is 0 Å². The molecule has 5 nitrogen and oxygen atoms in total. The molecular weight excluding hydrogens is 242 g/mol. The largest absolute Gasteiger partial charge is 0.381 e. The number of nitrogens with two attached hydrogens (primary N) is 1. The highest BCUT2D eigenvalue weighted by Gasteiger charge is 2.37. The molecule has 2 fully saturated rings. The van der Waals surface area contributed by atoms with Gasteiger partial charge in [-0.2, -0.15) is 0 Å². The Hall–Kier alpha value is -0.170. The Morgan fingerprint density at radius 1 is 1.29 bits per heavy atom. The minimum absolute atomic E-state index is 0.00796. The third-order valence-corrected chi connectivity index (χ3v) is 4.53. The number of primary sulfonamides is 1. The zero-order valence-electron chi connectivity index (χ0n) is 10.1. The van der Waals surface area contributed by atoms with Crippen LogP contribution >= 0.6 is 0 Å². The highest BCUT2D eigenvalue weighted by atomic mass is 32.2. The Kier molecular flexibility index (Phi) is 4.07. The van der Waals surface area contributed by atoms with Crippen LogP contribution in [0.3, 0.4) is 0 Å². The Labute approximate surface area is 103 Å². The van der Waals surface area contributed by atoms with Gasteiger partial charge in [-0.3, -0.25) is 0 Å². The van der Waals surface area contributed by atoms with Crippen LogP contribution in [0, 0.1) is 11.3 Å². The van der Waals surface area contributed by atoms with Crippen LogP contribution in [0.1, 0.15) is 25.7 Å². The molecule has 0 aromatic rings. The van der Waals surface area contributed by atoms with E-state index in [-0.39, 0.29) is 11.2 Å². The summed E-state index contributed by atoms with van der Waals surface area (Å²) in [5, 5.41) is 5.17. The summed E-state index contributed by atoms with van der Waals surface area (Å²) in [5.41, 5.74) is -0.333. The van der Waals surface area contributed by atoms with E-state index < -0.39 is 10.0 Å². The first-order valence-corrected chi connectivity index (χ1v) is 7.87. The average Bonchev–Trinajstić information content (AvgIpc) is 3.00. The van der Waals surface area contributed by atoms with Crippen molar-refractivity contribution in [3.05, 3.63) is 0 Å². The van der Waals surface area contributed by atoms with Crippen LogP contribution in [0.4, 0.5) is 0 Å². The zero-order valence-corrected chi connectivity index (χ0v) is 10.9. The van der Waals surface area contributed by atoms with Gasteiger partial charge in [0.2, 0.25) is 10.0 Å². The van der Waals surface area contributed by atoms with Gasteiger partial charge in [-0.1, -0.05) is 0 Å². The molecule has 1 heterocycles. The summed E-state index contributed by atoms with van der Waals surface area (Å²) in [7, 11) is -3.45. The van der Waals surface area contributed by atoms with Crippen molar-refractivity contribution < 1.29 is 17.9 Å². The van der Waals surface area contributed by atoms with Crippen molar-refractivity contribution in [1.82, 2.24) is 0 Å². The van der Waals surface area contributed by atoms with Gasteiger partial charge in [-0.15, -0.1) is 0 Å². The summed E-state index contributed by atoms with van der Waals surface area (Å²) < 4.78 is 33.5. The maximum Gasteiger partial charge on any atom is 0.209 e. The predicted octanol–water partition coefficient (Wildman–Crippen LogP) is 0.498. The number of hydrogen-bond acceptors (Lipinski definition) is 4. The summed E-state index contributed by atoms with van der Waals surface area (Å²) in [5.74, 6) is 0.704. The van der Waals surface area contributed by atoms with E-state index in [1.54, 1.807) is 0 Å². The van der Waals surface area contributed by atoms with Crippen molar-refractivity contribution in [1.29, 1.82) is 0 Å². The van der Waals surface area contributed by atoms with E-state index in [1.807, 2.05) is 0 Å². The van der Waals surface area contributed by atoms with Gasteiger partial charge >= 0.3 is 0 Å². The lowest BCUT2D eigenvalue weighted by Gasteiger charge is -2.36. The second-order valence-corrected chi connectivity index (χ2v) is 6.99. The lowest BCUT2D eigenvalue weighted by molar-refractivity contribution is -0.0300. The smallest absolute Gasteiger partial charge is 0.209 e. The SMILES string of the molecule is NS(=O)(=O)CC1(COCC2CC2)CCOCC1. The molecule has 17 heavy (non-hydrogen) atoms. The summed E-state index contributed by atoms with van der Waals surface area (Å²) in [6.45, 7) is 2.45. The normalized spacial score (nSPS) is 24.8. The second kappa shape index (κ2) is 5.22. The van der Waals surface area contributed by atoms with Crippen LogP contribution in [0.15, 0.2) is 0 Å². The second-order valence-electron chi connectivity index (χ2n) is 5.38. The first-order chi connectivity index (χ1) is 7.99. The molecule has 100 valence electrons. The van der Waals surface area contributed by atoms with Crippen LogP contribution in [-0.2, 0) is 19.5 Å². The quantitative estimate of drug-likeness (QED) is 0.757. The van der Waals surface area contributed by atoms with Crippen LogP contribution in [0.2, 0.25) is 0 Å². The summed E-state index contributed by atoms with van der Waals surface area (Å²) in [4.78, 5) is 0. The van der Waals surface area contributed by atoms with Gasteiger partial charge in [0, 0.05) is 25.2 Å². The maximum absolute atomic E-state index is 11.3. The number of rotatable bonds is 6. The molecule has 2 rings (SSSR count). The van der Waals surface area contributed by atoms with Crippen molar-refractivity contribution in [3.8, 4) is 0 Å². The van der Waals surface area contributed by atoms with Gasteiger partial charge < -0.3 is 9.47 Å². The van der Waals surface area contributed by atoms with E-state index >= 15 is 0 Å². The summed E-state index contributed by atoms with van der Waals surface area (Å²) in [6, 6.07) is 0. The van der Waals surface area contributed by atoms with Crippen LogP contribution in [-0.4, -0.2) is 40.6 Å². The Morgan fingerprint density at radius 2 is 1.94 bits per heavy atom. The fourth-order valence-corrected chi connectivity index (χ4v) is 3.51. The molecule has 0 aromatic carbocycles. The Morgan fingerprint density at radius 3 is 2.47 bits per heavy atom. The van der Waals surface area contributed by atoms with Gasteiger partial charge in [0.1, 0.15) is 0 Å². The van der Waals surface area contributed by atoms with E-state index in [2.05, 4.69) is 0 Å². The molecule has 0 spiro atoms. The molecule has 0 aromatic heterocycles. The van der Waals surface area contributed by atoms with Crippen molar-refractivity contribution in [2.75, 3.05) is 32.2 Å². The predicted molar refractivity (Wildman–Crippen MR) is 64.0 cm³/mol. The van der Waals surface area contributed by atoms with E-state index in [4.69, 9.17) is 14.6 Å². The van der Waals surface area contributed by atoms with Crippen molar-refractivity contribution >= 4 is 10.0 Å². The average molecular weight is 263 g/mol. The van der Waals surface area contributed by atoms with E-state index in [0.29, 0.717) is 38.6 Å². The first kappa shape index (κ1) is 13.3. The molecule has 2 aliphatic rings. The highest BCUT2D eigenvalue weighted by Crippen LogP contribution is 2.34. The maximum atomic E-state index is 11.3. The molecule has 1 aliphatic heterocycles. The molecule has 2 N–H and O–H groups in total. The van der Waals surface area contributed by atoms with Gasteiger partial charge in [0.25, 0.3) is 0 Å². The molecular formula is C11H21NO4S. The molecule has 0 atom stereocenters. The standard InChI is InChI=1S/C11H21NO4S/c12-17(13,14)9-11(3-5-15-6-4-11)8-16-7-10-1-2-10/h10H,1-9H2,(H2,12,13,14). The van der Waals surface area contributed by atoms with Crippen LogP contribution in [0.5, 0.6) is 0 Å². The van der Waals surface area contributed by atoms with E-state index in [9.17, 15) is 8.42 Å². The Balaban J connectivity index is 1.89. The number of hydrogen-bond donors (Lipinski definition) is 1. The lowest BCUT2D eigenvalue weighted by Crippen LogP contribution is -2.42. The molecule has 1 aliphatic carbocycles. The van der Waals surface area contributed by atoms with Crippen molar-refractivity contribution in [3.63, 3.8) is 0 Å². The third kappa shape index (κ3) is 4.54. The number of ether oxygens (including phenoxy) is 2. The third-order valence-electron chi connectivity index (χ3n) is 3.52. The minimum Gasteiger partial charge on any atom is -0.381 e. The molecule has 0 radical (unpaired) electrons. The zero-order chi connectivity index (χ0) is 12.4. The fourth-order valence-electron chi connectivity index (χ4n) is 2.29. The van der Waals surface area contributed by atoms with Gasteiger partial charge in [-0.05, 0) is 31.6 Å². The fraction of sp³-hybridized carbons (Fsp3) is 1.00. The van der Waals surface area contributed by atoms with Crippen molar-refractivity contribution in [2.24, 2.45) is 16.5 Å². The Bertz CT molecular complexity index is 344.